The van der Waals surface area contributed by atoms with Gasteiger partial charge in [0.15, 0.2) is 12.4 Å². The zero-order chi connectivity index (χ0) is 22.5. The van der Waals surface area contributed by atoms with E-state index in [1.54, 1.807) is 36.4 Å². The van der Waals surface area contributed by atoms with Crippen molar-refractivity contribution in [2.75, 3.05) is 11.9 Å². The maximum absolute atomic E-state index is 12.9. The number of hydrogen-bond donors (Lipinski definition) is 1. The van der Waals surface area contributed by atoms with Gasteiger partial charge in [0.25, 0.3) is 5.91 Å². The van der Waals surface area contributed by atoms with E-state index in [-0.39, 0.29) is 16.9 Å². The van der Waals surface area contributed by atoms with Gasteiger partial charge in [-0.2, -0.15) is 0 Å². The highest BCUT2D eigenvalue weighted by molar-refractivity contribution is 6.34. The van der Waals surface area contributed by atoms with E-state index in [2.05, 4.69) is 5.32 Å². The Morgan fingerprint density at radius 1 is 0.871 bits per heavy atom. The summed E-state index contributed by atoms with van der Waals surface area (Å²) in [5, 5.41) is 3.07. The van der Waals surface area contributed by atoms with Crippen molar-refractivity contribution in [3.8, 4) is 0 Å². The summed E-state index contributed by atoms with van der Waals surface area (Å²) >= 11 is 6.20. The second kappa shape index (κ2) is 9.58. The summed E-state index contributed by atoms with van der Waals surface area (Å²) in [5.41, 5.74) is 4.07. The molecule has 0 aliphatic rings. The van der Waals surface area contributed by atoms with Gasteiger partial charge >= 0.3 is 5.97 Å². The van der Waals surface area contributed by atoms with E-state index in [9.17, 15) is 14.4 Å². The SMILES string of the molecule is Cc1ccc(C(=O)c2ccccc2C(=O)OCC(=O)Nc2c(C)cc(C)cc2Cl)cc1. The number of carbonyl (C=O) groups excluding carboxylic acids is 3. The molecule has 1 amide bonds. The number of ketones is 1. The van der Waals surface area contributed by atoms with Crippen LogP contribution in [0.5, 0.6) is 0 Å². The second-order valence-electron chi connectivity index (χ2n) is 7.30. The summed E-state index contributed by atoms with van der Waals surface area (Å²) in [6, 6.07) is 17.1. The highest BCUT2D eigenvalue weighted by atomic mass is 35.5. The van der Waals surface area contributed by atoms with Crippen LogP contribution in [-0.2, 0) is 9.53 Å². The molecule has 6 heteroatoms. The van der Waals surface area contributed by atoms with Gasteiger partial charge in [0.2, 0.25) is 0 Å². The van der Waals surface area contributed by atoms with Crippen molar-refractivity contribution in [2.45, 2.75) is 20.8 Å². The van der Waals surface area contributed by atoms with Gasteiger partial charge < -0.3 is 10.1 Å². The van der Waals surface area contributed by atoms with Crippen LogP contribution in [0.4, 0.5) is 5.69 Å². The molecular weight excluding hydrogens is 414 g/mol. The highest BCUT2D eigenvalue weighted by Crippen LogP contribution is 2.27. The molecule has 3 rings (SSSR count). The molecule has 5 nitrogen and oxygen atoms in total. The van der Waals surface area contributed by atoms with Crippen LogP contribution in [0.2, 0.25) is 5.02 Å². The molecule has 0 atom stereocenters. The van der Waals surface area contributed by atoms with Gasteiger partial charge in [-0.3, -0.25) is 9.59 Å². The topological polar surface area (TPSA) is 72.5 Å². The number of rotatable bonds is 6. The van der Waals surface area contributed by atoms with Gasteiger partial charge in [-0.1, -0.05) is 65.7 Å². The maximum atomic E-state index is 12.9. The summed E-state index contributed by atoms with van der Waals surface area (Å²) in [6.45, 7) is 5.15. The number of ether oxygens (including phenoxy) is 1. The van der Waals surface area contributed by atoms with Gasteiger partial charge in [-0.05, 0) is 44.0 Å². The van der Waals surface area contributed by atoms with Crippen LogP contribution in [0.25, 0.3) is 0 Å². The molecule has 158 valence electrons. The van der Waals surface area contributed by atoms with E-state index in [1.165, 1.54) is 6.07 Å². The molecule has 0 saturated heterocycles. The highest BCUT2D eigenvalue weighted by Gasteiger charge is 2.20. The molecule has 0 aliphatic heterocycles. The Morgan fingerprint density at radius 2 is 1.52 bits per heavy atom. The largest absolute Gasteiger partial charge is 0.452 e. The summed E-state index contributed by atoms with van der Waals surface area (Å²) in [5.74, 6) is -1.57. The van der Waals surface area contributed by atoms with Gasteiger partial charge in [-0.25, -0.2) is 4.79 Å². The Bertz CT molecular complexity index is 1130. The third-order valence-electron chi connectivity index (χ3n) is 4.74. The first-order chi connectivity index (χ1) is 14.8. The number of benzene rings is 3. The van der Waals surface area contributed by atoms with E-state index >= 15 is 0 Å². The Morgan fingerprint density at radius 3 is 2.16 bits per heavy atom. The van der Waals surface area contributed by atoms with Crippen molar-refractivity contribution in [3.63, 3.8) is 0 Å². The molecule has 0 fully saturated rings. The Kier molecular flexibility index (Phi) is 6.88. The summed E-state index contributed by atoms with van der Waals surface area (Å²) in [7, 11) is 0. The number of esters is 1. The average molecular weight is 436 g/mol. The van der Waals surface area contributed by atoms with Crippen LogP contribution in [0.3, 0.4) is 0 Å². The predicted octanol–water partition coefficient (Wildman–Crippen LogP) is 5.29. The lowest BCUT2D eigenvalue weighted by atomic mass is 9.98. The molecule has 0 bridgehead atoms. The molecule has 0 spiro atoms. The lowest BCUT2D eigenvalue weighted by Gasteiger charge is -2.12. The van der Waals surface area contributed by atoms with E-state index in [0.29, 0.717) is 16.3 Å². The van der Waals surface area contributed by atoms with Gasteiger partial charge in [-0.15, -0.1) is 0 Å². The van der Waals surface area contributed by atoms with E-state index in [4.69, 9.17) is 16.3 Å². The fourth-order valence-corrected chi connectivity index (χ4v) is 3.55. The molecule has 0 saturated carbocycles. The fraction of sp³-hybridized carbons (Fsp3) is 0.160. The molecule has 1 N–H and O–H groups in total. The van der Waals surface area contributed by atoms with Crippen LogP contribution in [-0.4, -0.2) is 24.3 Å². The number of nitrogens with one attached hydrogen (secondary N) is 1. The van der Waals surface area contributed by atoms with Gasteiger partial charge in [0, 0.05) is 11.1 Å². The van der Waals surface area contributed by atoms with E-state index in [0.717, 1.165) is 16.7 Å². The standard InChI is InChI=1S/C25H22ClNO4/c1-15-8-10-18(11-9-15)24(29)19-6-4-5-7-20(19)25(30)31-14-22(28)27-23-17(3)12-16(2)13-21(23)26/h4-13H,14H2,1-3H3,(H,27,28). The van der Waals surface area contributed by atoms with Crippen molar-refractivity contribution >= 4 is 34.9 Å². The first kappa shape index (κ1) is 22.2. The molecule has 0 aliphatic carbocycles. The summed E-state index contributed by atoms with van der Waals surface area (Å²) in [6.07, 6.45) is 0. The fourth-order valence-electron chi connectivity index (χ4n) is 3.18. The molecular formula is C25H22ClNO4. The number of amides is 1. The number of hydrogen-bond acceptors (Lipinski definition) is 4. The Hall–Kier alpha value is -3.44. The molecule has 31 heavy (non-hydrogen) atoms. The van der Waals surface area contributed by atoms with E-state index < -0.39 is 18.5 Å². The Labute approximate surface area is 186 Å². The molecule has 0 radical (unpaired) electrons. The zero-order valence-electron chi connectivity index (χ0n) is 17.5. The number of carbonyl (C=O) groups is 3. The third-order valence-corrected chi connectivity index (χ3v) is 5.03. The molecule has 3 aromatic rings. The minimum atomic E-state index is -0.752. The minimum Gasteiger partial charge on any atom is -0.452 e. The zero-order valence-corrected chi connectivity index (χ0v) is 18.2. The lowest BCUT2D eigenvalue weighted by Crippen LogP contribution is -2.22. The maximum Gasteiger partial charge on any atom is 0.339 e. The number of anilines is 1. The lowest BCUT2D eigenvalue weighted by molar-refractivity contribution is -0.119. The Balaban J connectivity index is 1.71. The van der Waals surface area contributed by atoms with Gasteiger partial charge in [0.05, 0.1) is 16.3 Å². The van der Waals surface area contributed by atoms with Crippen molar-refractivity contribution in [1.29, 1.82) is 0 Å². The van der Waals surface area contributed by atoms with Crippen LogP contribution in [0.1, 0.15) is 43.0 Å². The second-order valence-corrected chi connectivity index (χ2v) is 7.71. The monoisotopic (exact) mass is 435 g/mol. The van der Waals surface area contributed by atoms with Crippen LogP contribution >= 0.6 is 11.6 Å². The predicted molar refractivity (Wildman–Crippen MR) is 121 cm³/mol. The first-order valence-corrected chi connectivity index (χ1v) is 10.1. The number of aryl methyl sites for hydroxylation is 3. The van der Waals surface area contributed by atoms with E-state index in [1.807, 2.05) is 39.0 Å². The average Bonchev–Trinajstić information content (AvgIpc) is 2.74. The summed E-state index contributed by atoms with van der Waals surface area (Å²) in [4.78, 5) is 37.8. The molecule has 0 heterocycles. The third kappa shape index (κ3) is 5.38. The van der Waals surface area contributed by atoms with Crippen molar-refractivity contribution in [2.24, 2.45) is 0 Å². The minimum absolute atomic E-state index is 0.102. The normalized spacial score (nSPS) is 10.5. The van der Waals surface area contributed by atoms with Crippen LogP contribution < -0.4 is 5.32 Å². The number of halogens is 1. The van der Waals surface area contributed by atoms with Crippen LogP contribution in [0.15, 0.2) is 60.7 Å². The summed E-state index contributed by atoms with van der Waals surface area (Å²) < 4.78 is 5.17. The molecule has 0 unspecified atom stereocenters. The molecule has 0 aromatic heterocycles. The van der Waals surface area contributed by atoms with Crippen molar-refractivity contribution in [3.05, 3.63) is 99.1 Å². The first-order valence-electron chi connectivity index (χ1n) is 9.70. The quantitative estimate of drug-likeness (QED) is 0.421. The van der Waals surface area contributed by atoms with Crippen molar-refractivity contribution < 1.29 is 19.1 Å². The van der Waals surface area contributed by atoms with Crippen molar-refractivity contribution in [1.82, 2.24) is 0 Å². The van der Waals surface area contributed by atoms with Crippen LogP contribution in [0, 0.1) is 20.8 Å². The molecule has 3 aromatic carbocycles. The van der Waals surface area contributed by atoms with Gasteiger partial charge in [0.1, 0.15) is 0 Å². The smallest absolute Gasteiger partial charge is 0.339 e.